The fourth-order valence-electron chi connectivity index (χ4n) is 0.959. The molecule has 0 saturated carbocycles. The predicted octanol–water partition coefficient (Wildman–Crippen LogP) is 0.966. The summed E-state index contributed by atoms with van der Waals surface area (Å²) in [6, 6.07) is 6.88. The Morgan fingerprint density at radius 2 is 2.25 bits per heavy atom. The number of hydrogen-bond acceptors (Lipinski definition) is 2. The number of primary amides is 1. The molecule has 1 rings (SSSR count). The number of amides is 1. The molecule has 1 amide bonds. The summed E-state index contributed by atoms with van der Waals surface area (Å²) in [6.45, 7) is 1.84. The van der Waals surface area contributed by atoms with Gasteiger partial charge in [-0.1, -0.05) is 11.6 Å². The van der Waals surface area contributed by atoms with E-state index in [4.69, 9.17) is 11.0 Å². The van der Waals surface area contributed by atoms with Crippen LogP contribution in [-0.2, 0) is 0 Å². The third-order valence-electron chi connectivity index (χ3n) is 1.56. The molecule has 60 valence electrons. The van der Waals surface area contributed by atoms with E-state index in [2.05, 4.69) is 0 Å². The van der Waals surface area contributed by atoms with Gasteiger partial charge in [-0.3, -0.25) is 4.79 Å². The standard InChI is InChI=1S/C9H8N2O/c1-6-2-3-7(5-10)8(4-6)9(11)12/h2-4H,1H3,(H2,11,12). The van der Waals surface area contributed by atoms with Gasteiger partial charge in [-0.05, 0) is 19.1 Å². The molecule has 0 unspecified atom stereocenters. The van der Waals surface area contributed by atoms with Crippen LogP contribution in [0.15, 0.2) is 18.2 Å². The first kappa shape index (κ1) is 8.28. The zero-order chi connectivity index (χ0) is 9.14. The highest BCUT2D eigenvalue weighted by molar-refractivity contribution is 5.95. The Labute approximate surface area is 70.4 Å². The number of benzene rings is 1. The highest BCUT2D eigenvalue weighted by Gasteiger charge is 2.06. The van der Waals surface area contributed by atoms with Gasteiger partial charge in [-0.25, -0.2) is 0 Å². The summed E-state index contributed by atoms with van der Waals surface area (Å²) < 4.78 is 0. The lowest BCUT2D eigenvalue weighted by molar-refractivity contribution is 0.1000. The number of rotatable bonds is 1. The zero-order valence-electron chi connectivity index (χ0n) is 6.66. The SMILES string of the molecule is Cc1ccc(C#N)c(C(N)=O)c1. The Bertz CT molecular complexity index is 363. The van der Waals surface area contributed by atoms with Crippen LogP contribution in [0.4, 0.5) is 0 Å². The van der Waals surface area contributed by atoms with Crippen molar-refractivity contribution in [3.05, 3.63) is 34.9 Å². The third kappa shape index (κ3) is 1.43. The predicted molar refractivity (Wildman–Crippen MR) is 44.4 cm³/mol. The fraction of sp³-hybridized carbons (Fsp3) is 0.111. The Morgan fingerprint density at radius 3 is 2.75 bits per heavy atom. The molecular weight excluding hydrogens is 152 g/mol. The van der Waals surface area contributed by atoms with Crippen LogP contribution >= 0.6 is 0 Å². The second kappa shape index (κ2) is 3.05. The van der Waals surface area contributed by atoms with Gasteiger partial charge in [0.2, 0.25) is 5.91 Å². The van der Waals surface area contributed by atoms with E-state index in [-0.39, 0.29) is 5.56 Å². The topological polar surface area (TPSA) is 66.9 Å². The summed E-state index contributed by atoms with van der Waals surface area (Å²) in [6.07, 6.45) is 0. The molecule has 0 aliphatic heterocycles. The third-order valence-corrected chi connectivity index (χ3v) is 1.56. The number of hydrogen-bond donors (Lipinski definition) is 1. The molecule has 0 spiro atoms. The lowest BCUT2D eigenvalue weighted by atomic mass is 10.1. The first-order valence-corrected chi connectivity index (χ1v) is 3.45. The Kier molecular flexibility index (Phi) is 2.11. The Balaban J connectivity index is 3.34. The summed E-state index contributed by atoms with van der Waals surface area (Å²) in [7, 11) is 0. The number of nitrogens with two attached hydrogens (primary N) is 1. The maximum atomic E-state index is 10.8. The molecular formula is C9H8N2O. The van der Waals surface area contributed by atoms with Crippen molar-refractivity contribution in [1.29, 1.82) is 5.26 Å². The van der Waals surface area contributed by atoms with Crippen molar-refractivity contribution < 1.29 is 4.79 Å². The summed E-state index contributed by atoms with van der Waals surface area (Å²) in [4.78, 5) is 10.8. The van der Waals surface area contributed by atoms with Crippen molar-refractivity contribution in [1.82, 2.24) is 0 Å². The smallest absolute Gasteiger partial charge is 0.250 e. The molecule has 0 heterocycles. The van der Waals surface area contributed by atoms with Crippen molar-refractivity contribution in [2.45, 2.75) is 6.92 Å². The second-order valence-corrected chi connectivity index (χ2v) is 2.53. The van der Waals surface area contributed by atoms with Gasteiger partial charge in [0.05, 0.1) is 17.2 Å². The van der Waals surface area contributed by atoms with Gasteiger partial charge >= 0.3 is 0 Å². The molecule has 12 heavy (non-hydrogen) atoms. The van der Waals surface area contributed by atoms with Crippen LogP contribution in [0, 0.1) is 18.3 Å². The van der Waals surface area contributed by atoms with E-state index in [1.54, 1.807) is 18.2 Å². The molecule has 0 fully saturated rings. The van der Waals surface area contributed by atoms with Gasteiger partial charge in [0.15, 0.2) is 0 Å². The van der Waals surface area contributed by atoms with Gasteiger partial charge in [0, 0.05) is 0 Å². The van der Waals surface area contributed by atoms with E-state index in [9.17, 15) is 4.79 Å². The van der Waals surface area contributed by atoms with Gasteiger partial charge in [0.1, 0.15) is 0 Å². The Morgan fingerprint density at radius 1 is 1.58 bits per heavy atom. The molecule has 2 N–H and O–H groups in total. The largest absolute Gasteiger partial charge is 0.366 e. The van der Waals surface area contributed by atoms with Crippen molar-refractivity contribution in [2.75, 3.05) is 0 Å². The van der Waals surface area contributed by atoms with E-state index in [0.717, 1.165) is 5.56 Å². The molecule has 0 bridgehead atoms. The first-order chi connectivity index (χ1) is 5.65. The van der Waals surface area contributed by atoms with Gasteiger partial charge in [-0.15, -0.1) is 0 Å². The molecule has 0 radical (unpaired) electrons. The maximum Gasteiger partial charge on any atom is 0.250 e. The fourth-order valence-corrected chi connectivity index (χ4v) is 0.959. The molecule has 1 aromatic rings. The molecule has 1 aromatic carbocycles. The van der Waals surface area contributed by atoms with Gasteiger partial charge in [-0.2, -0.15) is 5.26 Å². The zero-order valence-corrected chi connectivity index (χ0v) is 6.66. The van der Waals surface area contributed by atoms with Crippen molar-refractivity contribution in [2.24, 2.45) is 5.73 Å². The lowest BCUT2D eigenvalue weighted by Gasteiger charge is -1.99. The molecule has 0 aliphatic rings. The average Bonchev–Trinajstić information content (AvgIpc) is 2.04. The number of nitriles is 1. The normalized spacial score (nSPS) is 9.00. The van der Waals surface area contributed by atoms with Crippen LogP contribution in [0.5, 0.6) is 0 Å². The van der Waals surface area contributed by atoms with Gasteiger partial charge < -0.3 is 5.73 Å². The van der Waals surface area contributed by atoms with E-state index < -0.39 is 5.91 Å². The van der Waals surface area contributed by atoms with Crippen molar-refractivity contribution in [3.8, 4) is 6.07 Å². The Hall–Kier alpha value is -1.82. The van der Waals surface area contributed by atoms with Crippen LogP contribution < -0.4 is 5.73 Å². The van der Waals surface area contributed by atoms with Gasteiger partial charge in [0.25, 0.3) is 0 Å². The van der Waals surface area contributed by atoms with Crippen LogP contribution in [0.25, 0.3) is 0 Å². The monoisotopic (exact) mass is 160 g/mol. The second-order valence-electron chi connectivity index (χ2n) is 2.53. The van der Waals surface area contributed by atoms with E-state index >= 15 is 0 Å². The quantitative estimate of drug-likeness (QED) is 0.665. The van der Waals surface area contributed by atoms with Crippen molar-refractivity contribution in [3.63, 3.8) is 0 Å². The number of nitrogens with zero attached hydrogens (tertiary/aromatic N) is 1. The first-order valence-electron chi connectivity index (χ1n) is 3.45. The molecule has 0 atom stereocenters. The maximum absolute atomic E-state index is 10.8. The van der Waals surface area contributed by atoms with Crippen LogP contribution in [0.1, 0.15) is 21.5 Å². The molecule has 3 nitrogen and oxygen atoms in total. The van der Waals surface area contributed by atoms with E-state index in [1.807, 2.05) is 13.0 Å². The summed E-state index contributed by atoms with van der Waals surface area (Å²) in [5.74, 6) is -0.560. The molecule has 0 aliphatic carbocycles. The average molecular weight is 160 g/mol. The minimum absolute atomic E-state index is 0.289. The van der Waals surface area contributed by atoms with Crippen LogP contribution in [0.3, 0.4) is 0 Å². The molecule has 0 aromatic heterocycles. The summed E-state index contributed by atoms with van der Waals surface area (Å²) in [5, 5.41) is 8.60. The summed E-state index contributed by atoms with van der Waals surface area (Å²) >= 11 is 0. The molecule has 3 heteroatoms. The number of carbonyl (C=O) groups excluding carboxylic acids is 1. The minimum Gasteiger partial charge on any atom is -0.366 e. The van der Waals surface area contributed by atoms with Crippen LogP contribution in [-0.4, -0.2) is 5.91 Å². The minimum atomic E-state index is -0.560. The highest BCUT2D eigenvalue weighted by Crippen LogP contribution is 2.09. The van der Waals surface area contributed by atoms with Crippen molar-refractivity contribution >= 4 is 5.91 Å². The van der Waals surface area contributed by atoms with E-state index in [1.165, 1.54) is 0 Å². The van der Waals surface area contributed by atoms with E-state index in [0.29, 0.717) is 5.56 Å². The number of aryl methyl sites for hydroxylation is 1. The lowest BCUT2D eigenvalue weighted by Crippen LogP contribution is -2.12. The van der Waals surface area contributed by atoms with Crippen LogP contribution in [0.2, 0.25) is 0 Å². The highest BCUT2D eigenvalue weighted by atomic mass is 16.1. The summed E-state index contributed by atoms with van der Waals surface area (Å²) in [5.41, 5.74) is 6.60. The molecule has 0 saturated heterocycles. The number of carbonyl (C=O) groups is 1.